The van der Waals surface area contributed by atoms with Crippen LogP contribution in [0.3, 0.4) is 0 Å². The third-order valence-corrected chi connectivity index (χ3v) is 4.93. The van der Waals surface area contributed by atoms with Gasteiger partial charge in [-0.1, -0.05) is 23.4 Å². The SMILES string of the molecule is Cc1cc(C2CCCN2C(=O)NCc2cnn(-c3ccccc3C)c2)on1. The zero-order chi connectivity index (χ0) is 18.8. The number of aryl methyl sites for hydroxylation is 2. The molecule has 2 aromatic heterocycles. The molecule has 0 aliphatic carbocycles. The van der Waals surface area contributed by atoms with Gasteiger partial charge in [-0.2, -0.15) is 5.10 Å². The molecule has 1 aliphatic heterocycles. The third-order valence-electron chi connectivity index (χ3n) is 4.93. The largest absolute Gasteiger partial charge is 0.359 e. The first-order chi connectivity index (χ1) is 13.1. The fourth-order valence-corrected chi connectivity index (χ4v) is 3.53. The van der Waals surface area contributed by atoms with E-state index in [1.54, 1.807) is 6.20 Å². The molecule has 1 atom stereocenters. The van der Waals surface area contributed by atoms with E-state index in [9.17, 15) is 4.79 Å². The van der Waals surface area contributed by atoms with E-state index in [-0.39, 0.29) is 12.1 Å². The summed E-state index contributed by atoms with van der Waals surface area (Å²) in [7, 11) is 0. The van der Waals surface area contributed by atoms with Gasteiger partial charge in [-0.3, -0.25) is 0 Å². The number of carbonyl (C=O) groups excluding carboxylic acids is 1. The van der Waals surface area contributed by atoms with Gasteiger partial charge in [0.25, 0.3) is 0 Å². The monoisotopic (exact) mass is 365 g/mol. The van der Waals surface area contributed by atoms with E-state index in [1.807, 2.05) is 47.0 Å². The van der Waals surface area contributed by atoms with Crippen molar-refractivity contribution in [3.8, 4) is 5.69 Å². The first kappa shape index (κ1) is 17.3. The molecule has 3 heterocycles. The summed E-state index contributed by atoms with van der Waals surface area (Å²) in [5.41, 5.74) is 3.98. The average molecular weight is 365 g/mol. The van der Waals surface area contributed by atoms with Gasteiger partial charge in [0, 0.05) is 30.9 Å². The van der Waals surface area contributed by atoms with E-state index in [1.165, 1.54) is 0 Å². The fraction of sp³-hybridized carbons (Fsp3) is 0.350. The van der Waals surface area contributed by atoms with Crippen LogP contribution in [-0.2, 0) is 6.54 Å². The second kappa shape index (κ2) is 7.26. The van der Waals surface area contributed by atoms with Crippen molar-refractivity contribution in [3.05, 3.63) is 65.3 Å². The molecular formula is C20H23N5O2. The molecule has 1 unspecified atom stereocenters. The number of benzene rings is 1. The van der Waals surface area contributed by atoms with Crippen LogP contribution in [0.15, 0.2) is 47.2 Å². The summed E-state index contributed by atoms with van der Waals surface area (Å²) in [6, 6.07) is 9.85. The minimum absolute atomic E-state index is 0.0408. The van der Waals surface area contributed by atoms with Crippen LogP contribution < -0.4 is 5.32 Å². The quantitative estimate of drug-likeness (QED) is 0.767. The molecule has 0 bridgehead atoms. The second-order valence-corrected chi connectivity index (χ2v) is 6.96. The Kier molecular flexibility index (Phi) is 4.66. The highest BCUT2D eigenvalue weighted by Gasteiger charge is 2.32. The first-order valence-corrected chi connectivity index (χ1v) is 9.19. The van der Waals surface area contributed by atoms with Gasteiger partial charge in [0.15, 0.2) is 5.76 Å². The molecule has 1 aromatic carbocycles. The number of para-hydroxylation sites is 1. The van der Waals surface area contributed by atoms with Crippen molar-refractivity contribution in [3.63, 3.8) is 0 Å². The topological polar surface area (TPSA) is 76.2 Å². The number of hydrogen-bond donors (Lipinski definition) is 1. The lowest BCUT2D eigenvalue weighted by Crippen LogP contribution is -2.39. The van der Waals surface area contributed by atoms with Gasteiger partial charge >= 0.3 is 6.03 Å². The highest BCUT2D eigenvalue weighted by molar-refractivity contribution is 5.75. The predicted molar refractivity (Wildman–Crippen MR) is 100 cm³/mol. The van der Waals surface area contributed by atoms with Crippen LogP contribution >= 0.6 is 0 Å². The van der Waals surface area contributed by atoms with E-state index in [0.717, 1.165) is 47.7 Å². The Balaban J connectivity index is 1.40. The molecule has 2 amide bonds. The second-order valence-electron chi connectivity index (χ2n) is 6.96. The van der Waals surface area contributed by atoms with Crippen molar-refractivity contribution >= 4 is 6.03 Å². The summed E-state index contributed by atoms with van der Waals surface area (Å²) in [6.45, 7) is 5.09. The molecule has 7 heteroatoms. The normalized spacial score (nSPS) is 16.7. The van der Waals surface area contributed by atoms with Gasteiger partial charge in [-0.15, -0.1) is 0 Å². The lowest BCUT2D eigenvalue weighted by molar-refractivity contribution is 0.182. The lowest BCUT2D eigenvalue weighted by Gasteiger charge is -2.22. The predicted octanol–water partition coefficient (Wildman–Crippen LogP) is 3.52. The summed E-state index contributed by atoms with van der Waals surface area (Å²) in [4.78, 5) is 14.5. The van der Waals surface area contributed by atoms with E-state index in [0.29, 0.717) is 6.54 Å². The summed E-state index contributed by atoms with van der Waals surface area (Å²) < 4.78 is 7.21. The van der Waals surface area contributed by atoms with E-state index in [2.05, 4.69) is 28.6 Å². The third kappa shape index (κ3) is 3.58. The van der Waals surface area contributed by atoms with Crippen molar-refractivity contribution in [1.29, 1.82) is 0 Å². The smallest absolute Gasteiger partial charge is 0.318 e. The van der Waals surface area contributed by atoms with Gasteiger partial charge < -0.3 is 14.7 Å². The maximum absolute atomic E-state index is 12.7. The first-order valence-electron chi connectivity index (χ1n) is 9.19. The molecule has 27 heavy (non-hydrogen) atoms. The number of nitrogens with one attached hydrogen (secondary N) is 1. The van der Waals surface area contributed by atoms with Crippen LogP contribution in [0.25, 0.3) is 5.69 Å². The van der Waals surface area contributed by atoms with Gasteiger partial charge in [0.2, 0.25) is 0 Å². The van der Waals surface area contributed by atoms with E-state index in [4.69, 9.17) is 4.52 Å². The van der Waals surface area contributed by atoms with Gasteiger partial charge in [0.05, 0.1) is 23.6 Å². The van der Waals surface area contributed by atoms with Crippen LogP contribution in [0.1, 0.15) is 41.5 Å². The number of likely N-dealkylation sites (tertiary alicyclic amines) is 1. The average Bonchev–Trinajstić information content (AvgIpc) is 3.40. The van der Waals surface area contributed by atoms with Crippen molar-refractivity contribution in [2.45, 2.75) is 39.3 Å². The molecule has 1 N–H and O–H groups in total. The number of aromatic nitrogens is 3. The highest BCUT2D eigenvalue weighted by atomic mass is 16.5. The fourth-order valence-electron chi connectivity index (χ4n) is 3.53. The Hall–Kier alpha value is -3.09. The molecule has 3 aromatic rings. The zero-order valence-electron chi connectivity index (χ0n) is 15.6. The molecule has 0 saturated carbocycles. The van der Waals surface area contributed by atoms with Crippen LogP contribution in [0.5, 0.6) is 0 Å². The number of amides is 2. The number of carbonyl (C=O) groups is 1. The molecule has 140 valence electrons. The maximum atomic E-state index is 12.7. The van der Waals surface area contributed by atoms with E-state index < -0.39 is 0 Å². The maximum Gasteiger partial charge on any atom is 0.318 e. The van der Waals surface area contributed by atoms with Crippen LogP contribution in [-0.4, -0.2) is 32.4 Å². The standard InChI is InChI=1S/C20H23N5O2/c1-14-6-3-4-7-17(14)25-13-16(12-22-25)11-21-20(26)24-9-5-8-18(24)19-10-15(2)23-27-19/h3-4,6-7,10,12-13,18H,5,8-9,11H2,1-2H3,(H,21,26). The Morgan fingerprint density at radius 2 is 2.19 bits per heavy atom. The van der Waals surface area contributed by atoms with E-state index >= 15 is 0 Å². The minimum atomic E-state index is -0.0878. The molecule has 1 fully saturated rings. The Morgan fingerprint density at radius 3 is 2.96 bits per heavy atom. The minimum Gasteiger partial charge on any atom is -0.359 e. The van der Waals surface area contributed by atoms with Crippen molar-refractivity contribution in [2.75, 3.05) is 6.54 Å². The van der Waals surface area contributed by atoms with Gasteiger partial charge in [0.1, 0.15) is 0 Å². The molecule has 7 nitrogen and oxygen atoms in total. The number of urea groups is 1. The Morgan fingerprint density at radius 1 is 1.33 bits per heavy atom. The number of nitrogens with zero attached hydrogens (tertiary/aromatic N) is 4. The lowest BCUT2D eigenvalue weighted by atomic mass is 10.1. The number of rotatable bonds is 4. The van der Waals surface area contributed by atoms with Gasteiger partial charge in [-0.05, 0) is 38.3 Å². The molecule has 4 rings (SSSR count). The Labute approximate surface area is 158 Å². The molecule has 0 spiro atoms. The van der Waals surface area contributed by atoms with Crippen molar-refractivity contribution < 1.29 is 9.32 Å². The van der Waals surface area contributed by atoms with Crippen LogP contribution in [0.2, 0.25) is 0 Å². The van der Waals surface area contributed by atoms with Crippen LogP contribution in [0, 0.1) is 13.8 Å². The van der Waals surface area contributed by atoms with Gasteiger partial charge in [-0.25, -0.2) is 9.48 Å². The molecule has 1 aliphatic rings. The summed E-state index contributed by atoms with van der Waals surface area (Å²) >= 11 is 0. The highest BCUT2D eigenvalue weighted by Crippen LogP contribution is 2.32. The molecule has 0 radical (unpaired) electrons. The van der Waals surface area contributed by atoms with Crippen molar-refractivity contribution in [2.24, 2.45) is 0 Å². The summed E-state index contributed by atoms with van der Waals surface area (Å²) in [5.74, 6) is 0.757. The zero-order valence-corrected chi connectivity index (χ0v) is 15.6. The summed E-state index contributed by atoms with van der Waals surface area (Å²) in [5, 5.41) is 11.4. The van der Waals surface area contributed by atoms with Crippen molar-refractivity contribution in [1.82, 2.24) is 25.2 Å². The van der Waals surface area contributed by atoms with Crippen LogP contribution in [0.4, 0.5) is 4.79 Å². The summed E-state index contributed by atoms with van der Waals surface area (Å²) in [6.07, 6.45) is 5.59. The Bertz CT molecular complexity index is 945. The molecule has 1 saturated heterocycles. The molecular weight excluding hydrogens is 342 g/mol. The number of hydrogen-bond acceptors (Lipinski definition) is 4.